The smallest absolute Gasteiger partial charge is 0.336 e. The van der Waals surface area contributed by atoms with Gasteiger partial charge in [-0.3, -0.25) is 10.1 Å². The average Bonchev–Trinajstić information content (AvgIpc) is 2.46. The van der Waals surface area contributed by atoms with Gasteiger partial charge >= 0.3 is 5.97 Å². The minimum atomic E-state index is -1.17. The van der Waals surface area contributed by atoms with E-state index in [1.807, 2.05) is 0 Å². The first-order chi connectivity index (χ1) is 9.99. The molecule has 2 aromatic rings. The van der Waals surface area contributed by atoms with Gasteiger partial charge in [-0.05, 0) is 29.8 Å². The van der Waals surface area contributed by atoms with Crippen LogP contribution >= 0.6 is 11.6 Å². The molecule has 0 saturated heterocycles. The molecule has 0 aliphatic heterocycles. The third-order valence-electron chi connectivity index (χ3n) is 2.82. The number of hydrogen-bond acceptors (Lipinski definition) is 3. The predicted octanol–water partition coefficient (Wildman–Crippen LogP) is 3.87. The quantitative estimate of drug-likeness (QED) is 0.402. The number of benzene rings is 2. The van der Waals surface area contributed by atoms with Gasteiger partial charge in [0.25, 0.3) is 5.69 Å². The lowest BCUT2D eigenvalue weighted by molar-refractivity contribution is -0.385. The number of nitro benzene ring substituents is 1. The monoisotopic (exact) mass is 303 g/mol. The number of carboxylic acids is 1. The highest BCUT2D eigenvalue weighted by atomic mass is 35.5. The highest BCUT2D eigenvalue weighted by molar-refractivity contribution is 6.30. The Kier molecular flexibility index (Phi) is 4.35. The second-order valence-electron chi connectivity index (χ2n) is 4.19. The number of carbonyl (C=O) groups is 1. The Hall–Kier alpha value is -2.66. The lowest BCUT2D eigenvalue weighted by Crippen LogP contribution is -2.00. The van der Waals surface area contributed by atoms with Crippen LogP contribution in [0.5, 0.6) is 0 Å². The van der Waals surface area contributed by atoms with E-state index >= 15 is 0 Å². The van der Waals surface area contributed by atoms with E-state index in [2.05, 4.69) is 0 Å². The number of nitro groups is 1. The maximum absolute atomic E-state index is 11.4. The van der Waals surface area contributed by atoms with Crippen LogP contribution < -0.4 is 0 Å². The molecule has 0 aliphatic carbocycles. The van der Waals surface area contributed by atoms with E-state index in [4.69, 9.17) is 11.6 Å². The minimum Gasteiger partial charge on any atom is -0.478 e. The molecule has 0 unspecified atom stereocenters. The minimum absolute atomic E-state index is 0.0408. The number of nitrogens with zero attached hydrogens (tertiary/aromatic N) is 1. The van der Waals surface area contributed by atoms with E-state index < -0.39 is 10.9 Å². The SMILES string of the molecule is O=C(O)/C(=C/c1ccccc1[N+](=O)[O-])c1ccc(Cl)cc1. The van der Waals surface area contributed by atoms with Gasteiger partial charge in [0.2, 0.25) is 0 Å². The van der Waals surface area contributed by atoms with Crippen LogP contribution in [0.1, 0.15) is 11.1 Å². The van der Waals surface area contributed by atoms with E-state index in [1.165, 1.54) is 24.3 Å². The molecule has 6 heteroatoms. The fraction of sp³-hybridized carbons (Fsp3) is 0. The Balaban J connectivity index is 2.56. The molecule has 106 valence electrons. The average molecular weight is 304 g/mol. The summed E-state index contributed by atoms with van der Waals surface area (Å²) in [5, 5.41) is 20.8. The van der Waals surface area contributed by atoms with Gasteiger partial charge < -0.3 is 5.11 Å². The largest absolute Gasteiger partial charge is 0.478 e. The molecule has 0 amide bonds. The molecule has 2 aromatic carbocycles. The van der Waals surface area contributed by atoms with Crippen molar-refractivity contribution in [3.05, 3.63) is 74.8 Å². The van der Waals surface area contributed by atoms with Gasteiger partial charge in [0, 0.05) is 11.1 Å². The Morgan fingerprint density at radius 1 is 1.14 bits per heavy atom. The van der Waals surface area contributed by atoms with Crippen molar-refractivity contribution >= 4 is 34.9 Å². The van der Waals surface area contributed by atoms with Crippen molar-refractivity contribution in [2.45, 2.75) is 0 Å². The normalized spacial score (nSPS) is 11.2. The molecular weight excluding hydrogens is 294 g/mol. The Labute approximate surface area is 125 Å². The van der Waals surface area contributed by atoms with Crippen LogP contribution in [0.4, 0.5) is 5.69 Å². The Morgan fingerprint density at radius 2 is 1.76 bits per heavy atom. The summed E-state index contributed by atoms with van der Waals surface area (Å²) in [5.41, 5.74) is 0.464. The van der Waals surface area contributed by atoms with Gasteiger partial charge in [-0.25, -0.2) is 4.79 Å². The molecule has 0 saturated carbocycles. The van der Waals surface area contributed by atoms with Gasteiger partial charge in [0.1, 0.15) is 0 Å². The zero-order valence-corrected chi connectivity index (χ0v) is 11.4. The standard InChI is InChI=1S/C15H10ClNO4/c16-12-7-5-10(6-8-12)13(15(18)19)9-11-3-1-2-4-14(11)17(20)21/h1-9H,(H,18,19)/b13-9+. The molecule has 21 heavy (non-hydrogen) atoms. The Morgan fingerprint density at radius 3 is 2.33 bits per heavy atom. The van der Waals surface area contributed by atoms with E-state index in [-0.39, 0.29) is 16.8 Å². The summed E-state index contributed by atoms with van der Waals surface area (Å²) in [6.45, 7) is 0. The summed E-state index contributed by atoms with van der Waals surface area (Å²) >= 11 is 5.77. The van der Waals surface area contributed by atoms with Crippen molar-refractivity contribution in [2.75, 3.05) is 0 Å². The highest BCUT2D eigenvalue weighted by Crippen LogP contribution is 2.25. The van der Waals surface area contributed by atoms with Crippen molar-refractivity contribution in [3.63, 3.8) is 0 Å². The second kappa shape index (κ2) is 6.19. The van der Waals surface area contributed by atoms with Crippen molar-refractivity contribution in [3.8, 4) is 0 Å². The third-order valence-corrected chi connectivity index (χ3v) is 3.07. The zero-order valence-electron chi connectivity index (χ0n) is 10.7. The molecule has 0 atom stereocenters. The fourth-order valence-corrected chi connectivity index (χ4v) is 1.96. The number of carboxylic acid groups (broad SMARTS) is 1. The summed E-state index contributed by atoms with van der Waals surface area (Å²) in [4.78, 5) is 21.8. The van der Waals surface area contributed by atoms with Crippen molar-refractivity contribution in [1.29, 1.82) is 0 Å². The first-order valence-corrected chi connectivity index (χ1v) is 6.31. The lowest BCUT2D eigenvalue weighted by Gasteiger charge is -2.04. The second-order valence-corrected chi connectivity index (χ2v) is 4.62. The summed E-state index contributed by atoms with van der Waals surface area (Å²) in [7, 11) is 0. The van der Waals surface area contributed by atoms with Gasteiger partial charge in [-0.2, -0.15) is 0 Å². The van der Waals surface area contributed by atoms with Crippen LogP contribution in [0.2, 0.25) is 5.02 Å². The molecule has 2 rings (SSSR count). The van der Waals surface area contributed by atoms with Crippen LogP contribution in [-0.2, 0) is 4.79 Å². The summed E-state index contributed by atoms with van der Waals surface area (Å²) < 4.78 is 0. The number of halogens is 1. The maximum Gasteiger partial charge on any atom is 0.336 e. The molecule has 0 bridgehead atoms. The topological polar surface area (TPSA) is 80.4 Å². The van der Waals surface area contributed by atoms with Crippen LogP contribution in [0, 0.1) is 10.1 Å². The first kappa shape index (κ1) is 14.7. The van der Waals surface area contributed by atoms with Gasteiger partial charge in [-0.15, -0.1) is 0 Å². The van der Waals surface area contributed by atoms with Gasteiger partial charge in [0.15, 0.2) is 0 Å². The fourth-order valence-electron chi connectivity index (χ4n) is 1.83. The van der Waals surface area contributed by atoms with Crippen molar-refractivity contribution in [1.82, 2.24) is 0 Å². The van der Waals surface area contributed by atoms with Gasteiger partial charge in [-0.1, -0.05) is 35.9 Å². The van der Waals surface area contributed by atoms with E-state index in [9.17, 15) is 20.0 Å². The molecule has 0 radical (unpaired) electrons. The third kappa shape index (κ3) is 3.46. The number of hydrogen-bond donors (Lipinski definition) is 1. The molecule has 0 fully saturated rings. The van der Waals surface area contributed by atoms with Crippen LogP contribution in [0.3, 0.4) is 0 Å². The summed E-state index contributed by atoms with van der Waals surface area (Å²) in [6.07, 6.45) is 1.28. The van der Waals surface area contributed by atoms with Crippen LogP contribution in [0.25, 0.3) is 11.6 Å². The molecule has 0 aliphatic rings. The van der Waals surface area contributed by atoms with Crippen LogP contribution in [-0.4, -0.2) is 16.0 Å². The highest BCUT2D eigenvalue weighted by Gasteiger charge is 2.15. The number of rotatable bonds is 4. The van der Waals surface area contributed by atoms with Gasteiger partial charge in [0.05, 0.1) is 16.1 Å². The van der Waals surface area contributed by atoms with E-state index in [0.717, 1.165) is 0 Å². The van der Waals surface area contributed by atoms with E-state index in [0.29, 0.717) is 10.6 Å². The number of aliphatic carboxylic acids is 1. The molecular formula is C15H10ClNO4. The number of para-hydroxylation sites is 1. The zero-order chi connectivity index (χ0) is 15.4. The predicted molar refractivity (Wildman–Crippen MR) is 80.1 cm³/mol. The summed E-state index contributed by atoms with van der Waals surface area (Å²) in [6, 6.07) is 12.2. The Bertz CT molecular complexity index is 723. The van der Waals surface area contributed by atoms with E-state index in [1.54, 1.807) is 30.3 Å². The molecule has 0 spiro atoms. The lowest BCUT2D eigenvalue weighted by atomic mass is 10.0. The molecule has 1 N–H and O–H groups in total. The van der Waals surface area contributed by atoms with Crippen LogP contribution in [0.15, 0.2) is 48.5 Å². The first-order valence-electron chi connectivity index (χ1n) is 5.93. The van der Waals surface area contributed by atoms with Crippen molar-refractivity contribution < 1.29 is 14.8 Å². The van der Waals surface area contributed by atoms with Crippen molar-refractivity contribution in [2.24, 2.45) is 0 Å². The molecule has 0 heterocycles. The molecule has 5 nitrogen and oxygen atoms in total. The maximum atomic E-state index is 11.4. The summed E-state index contributed by atoms with van der Waals surface area (Å²) in [5.74, 6) is -1.17. The molecule has 0 aromatic heterocycles.